The molecule has 0 aromatic carbocycles. The summed E-state index contributed by atoms with van der Waals surface area (Å²) in [6.07, 6.45) is 8.30. The summed E-state index contributed by atoms with van der Waals surface area (Å²) < 4.78 is 35.0. The Balaban J connectivity index is 1.76. The highest BCUT2D eigenvalue weighted by molar-refractivity contribution is 4.91. The summed E-state index contributed by atoms with van der Waals surface area (Å²) in [6.45, 7) is 6.45. The van der Waals surface area contributed by atoms with E-state index in [0.29, 0.717) is 18.8 Å². The first kappa shape index (κ1) is 20.1. The molecule has 3 atom stereocenters. The highest BCUT2D eigenvalue weighted by Gasteiger charge is 2.42. The molecule has 0 bridgehead atoms. The second kappa shape index (κ2) is 10.1. The number of hydrogen-bond donors (Lipinski definition) is 0. The molecule has 3 unspecified atom stereocenters. The minimum absolute atomic E-state index is 0.0320. The van der Waals surface area contributed by atoms with Crippen molar-refractivity contribution in [1.29, 1.82) is 0 Å². The lowest BCUT2D eigenvalue weighted by Gasteiger charge is -2.41. The van der Waals surface area contributed by atoms with E-state index in [0.717, 1.165) is 31.6 Å². The van der Waals surface area contributed by atoms with Crippen LogP contribution in [0.1, 0.15) is 91.4 Å². The Morgan fingerprint density at radius 3 is 2.12 bits per heavy atom. The van der Waals surface area contributed by atoms with E-state index in [4.69, 9.17) is 4.74 Å². The fourth-order valence-electron chi connectivity index (χ4n) is 4.68. The molecule has 142 valence electrons. The molecule has 0 saturated heterocycles. The van der Waals surface area contributed by atoms with Gasteiger partial charge in [0.2, 0.25) is 0 Å². The summed E-state index contributed by atoms with van der Waals surface area (Å²) in [6, 6.07) is 0. The molecule has 0 aromatic rings. The summed E-state index contributed by atoms with van der Waals surface area (Å²) in [5.41, 5.74) is 0. The van der Waals surface area contributed by atoms with Crippen LogP contribution in [0, 0.1) is 17.8 Å². The van der Waals surface area contributed by atoms with Crippen molar-refractivity contribution in [2.24, 2.45) is 17.8 Å². The predicted molar refractivity (Wildman–Crippen MR) is 96.7 cm³/mol. The average molecular weight is 345 g/mol. The number of alkyl halides is 2. The minimum atomic E-state index is -1.13. The van der Waals surface area contributed by atoms with Crippen LogP contribution in [0.5, 0.6) is 0 Å². The molecular formula is C21H38F2O. The van der Waals surface area contributed by atoms with Crippen molar-refractivity contribution in [3.8, 4) is 0 Å². The van der Waals surface area contributed by atoms with Crippen LogP contribution in [0.25, 0.3) is 0 Å². The summed E-state index contributed by atoms with van der Waals surface area (Å²) in [5, 5.41) is 0. The van der Waals surface area contributed by atoms with E-state index in [2.05, 4.69) is 13.8 Å². The Morgan fingerprint density at radius 1 is 0.917 bits per heavy atom. The number of ether oxygens (including phenoxy) is 1. The van der Waals surface area contributed by atoms with Gasteiger partial charge in [0.05, 0.1) is 6.10 Å². The van der Waals surface area contributed by atoms with E-state index >= 15 is 0 Å². The van der Waals surface area contributed by atoms with Gasteiger partial charge in [-0.25, -0.2) is 8.78 Å². The molecule has 0 radical (unpaired) electrons. The van der Waals surface area contributed by atoms with E-state index < -0.39 is 18.4 Å². The molecule has 2 aliphatic carbocycles. The monoisotopic (exact) mass is 344 g/mol. The predicted octanol–water partition coefficient (Wildman–Crippen LogP) is 6.64. The average Bonchev–Trinajstić information content (AvgIpc) is 2.55. The van der Waals surface area contributed by atoms with Gasteiger partial charge in [0.25, 0.3) is 0 Å². The smallest absolute Gasteiger partial charge is 0.129 e. The van der Waals surface area contributed by atoms with Gasteiger partial charge in [-0.2, -0.15) is 0 Å². The second-order valence-electron chi connectivity index (χ2n) is 8.54. The van der Waals surface area contributed by atoms with Gasteiger partial charge >= 0.3 is 0 Å². The molecule has 3 heteroatoms. The first-order chi connectivity index (χ1) is 11.5. The van der Waals surface area contributed by atoms with Crippen molar-refractivity contribution in [2.45, 2.75) is 116 Å². The number of rotatable bonds is 8. The third-order valence-electron chi connectivity index (χ3n) is 6.35. The lowest BCUT2D eigenvalue weighted by Crippen LogP contribution is -2.45. The maximum atomic E-state index is 14.6. The Kier molecular flexibility index (Phi) is 8.46. The molecule has 0 aromatic heterocycles. The Labute approximate surface area is 147 Å². The molecule has 2 aliphatic rings. The maximum Gasteiger partial charge on any atom is 0.129 e. The molecule has 1 nitrogen and oxygen atoms in total. The summed E-state index contributed by atoms with van der Waals surface area (Å²) >= 11 is 0. The Morgan fingerprint density at radius 2 is 1.54 bits per heavy atom. The van der Waals surface area contributed by atoms with E-state index in [9.17, 15) is 8.78 Å². The van der Waals surface area contributed by atoms with Crippen LogP contribution in [0.4, 0.5) is 8.78 Å². The quantitative estimate of drug-likeness (QED) is 0.448. The van der Waals surface area contributed by atoms with Crippen LogP contribution in [-0.4, -0.2) is 24.6 Å². The van der Waals surface area contributed by atoms with Crippen molar-refractivity contribution >= 4 is 0 Å². The van der Waals surface area contributed by atoms with Gasteiger partial charge in [-0.05, 0) is 56.8 Å². The van der Waals surface area contributed by atoms with Crippen molar-refractivity contribution in [3.05, 3.63) is 0 Å². The summed E-state index contributed by atoms with van der Waals surface area (Å²) in [7, 11) is 0. The van der Waals surface area contributed by atoms with E-state index in [-0.39, 0.29) is 12.0 Å². The fraction of sp³-hybridized carbons (Fsp3) is 1.00. The van der Waals surface area contributed by atoms with Gasteiger partial charge in [-0.15, -0.1) is 0 Å². The molecule has 0 N–H and O–H groups in total. The molecular weight excluding hydrogens is 306 g/mol. The Hall–Kier alpha value is -0.180. The zero-order chi connectivity index (χ0) is 17.5. The number of unbranched alkanes of at least 4 members (excludes halogenated alkanes) is 3. The second-order valence-corrected chi connectivity index (χ2v) is 8.54. The first-order valence-electron chi connectivity index (χ1n) is 10.4. The lowest BCUT2D eigenvalue weighted by molar-refractivity contribution is -0.117. The normalized spacial score (nSPS) is 38.9. The molecule has 0 aliphatic heterocycles. The van der Waals surface area contributed by atoms with Crippen molar-refractivity contribution in [2.75, 3.05) is 0 Å². The van der Waals surface area contributed by atoms with E-state index in [1.807, 2.05) is 6.92 Å². The largest absolute Gasteiger partial charge is 0.369 e. The van der Waals surface area contributed by atoms with Gasteiger partial charge in [-0.3, -0.25) is 0 Å². The van der Waals surface area contributed by atoms with Crippen molar-refractivity contribution in [1.82, 2.24) is 0 Å². The number of halogens is 2. The topological polar surface area (TPSA) is 9.23 Å². The zero-order valence-corrected chi connectivity index (χ0v) is 16.0. The Bertz CT molecular complexity index is 329. The SMILES string of the molecule is CCCCCCC(C)OC1C(F)CC([C@H]2CC[C@@H](C)CC2)CC1F. The minimum Gasteiger partial charge on any atom is -0.369 e. The molecule has 0 amide bonds. The van der Waals surface area contributed by atoms with Crippen molar-refractivity contribution < 1.29 is 13.5 Å². The van der Waals surface area contributed by atoms with Gasteiger partial charge < -0.3 is 4.74 Å². The van der Waals surface area contributed by atoms with E-state index in [1.54, 1.807) is 0 Å². The van der Waals surface area contributed by atoms with Crippen LogP contribution in [0.15, 0.2) is 0 Å². The molecule has 0 spiro atoms. The van der Waals surface area contributed by atoms with Crippen LogP contribution in [-0.2, 0) is 4.74 Å². The van der Waals surface area contributed by atoms with Crippen LogP contribution in [0.2, 0.25) is 0 Å². The van der Waals surface area contributed by atoms with Crippen LogP contribution in [0.3, 0.4) is 0 Å². The third-order valence-corrected chi connectivity index (χ3v) is 6.35. The standard InChI is InChI=1S/C21H38F2O/c1-4-5-6-7-8-16(3)24-21-19(22)13-18(14-20(21)23)17-11-9-15(2)10-12-17/h15-21H,4-14H2,1-3H3/t15-,16?,17+,18?,19?,20?,21?. The highest BCUT2D eigenvalue weighted by Crippen LogP contribution is 2.42. The van der Waals surface area contributed by atoms with Crippen molar-refractivity contribution in [3.63, 3.8) is 0 Å². The van der Waals surface area contributed by atoms with Crippen LogP contribution >= 0.6 is 0 Å². The summed E-state index contributed by atoms with van der Waals surface area (Å²) in [4.78, 5) is 0. The molecule has 0 heterocycles. The molecule has 24 heavy (non-hydrogen) atoms. The highest BCUT2D eigenvalue weighted by atomic mass is 19.1. The first-order valence-corrected chi connectivity index (χ1v) is 10.4. The zero-order valence-electron chi connectivity index (χ0n) is 16.0. The van der Waals surface area contributed by atoms with E-state index in [1.165, 1.54) is 32.1 Å². The lowest BCUT2D eigenvalue weighted by atomic mass is 9.70. The fourth-order valence-corrected chi connectivity index (χ4v) is 4.68. The van der Waals surface area contributed by atoms with Gasteiger partial charge in [0.15, 0.2) is 0 Å². The maximum absolute atomic E-state index is 14.6. The summed E-state index contributed by atoms with van der Waals surface area (Å²) in [5.74, 6) is 1.55. The van der Waals surface area contributed by atoms with Gasteiger partial charge in [0.1, 0.15) is 18.4 Å². The van der Waals surface area contributed by atoms with Gasteiger partial charge in [-0.1, -0.05) is 52.4 Å². The molecule has 2 fully saturated rings. The van der Waals surface area contributed by atoms with Gasteiger partial charge in [0, 0.05) is 0 Å². The molecule has 2 saturated carbocycles. The van der Waals surface area contributed by atoms with Crippen LogP contribution < -0.4 is 0 Å². The number of hydrogen-bond acceptors (Lipinski definition) is 1. The molecule has 2 rings (SSSR count). The third kappa shape index (κ3) is 5.97.